The van der Waals surface area contributed by atoms with E-state index in [4.69, 9.17) is 21.4 Å². The molecule has 1 aromatic rings. The summed E-state index contributed by atoms with van der Waals surface area (Å²) in [6.45, 7) is 0.110. The first-order chi connectivity index (χ1) is 5.66. The number of aromatic nitrogens is 1. The Balaban J connectivity index is 2.96. The molecule has 0 saturated carbocycles. The van der Waals surface area contributed by atoms with Gasteiger partial charge in [-0.1, -0.05) is 16.8 Å². The molecule has 12 heavy (non-hydrogen) atoms. The zero-order valence-corrected chi connectivity index (χ0v) is 6.96. The SMILES string of the molecule is COCc1onc(C(=O)O)c1Cl. The minimum Gasteiger partial charge on any atom is -0.476 e. The zero-order chi connectivity index (χ0) is 9.14. The fraction of sp³-hybridized carbons (Fsp3) is 0.333. The van der Waals surface area contributed by atoms with Crippen LogP contribution in [0.5, 0.6) is 0 Å². The van der Waals surface area contributed by atoms with Crippen molar-refractivity contribution in [3.05, 3.63) is 16.5 Å². The second kappa shape index (κ2) is 3.55. The van der Waals surface area contributed by atoms with E-state index in [9.17, 15) is 4.79 Å². The predicted octanol–water partition coefficient (Wildman–Crippen LogP) is 1.17. The molecule has 0 saturated heterocycles. The van der Waals surface area contributed by atoms with Gasteiger partial charge in [-0.3, -0.25) is 0 Å². The maximum atomic E-state index is 10.4. The van der Waals surface area contributed by atoms with Crippen LogP contribution in [0.15, 0.2) is 4.52 Å². The van der Waals surface area contributed by atoms with Gasteiger partial charge in [-0.15, -0.1) is 0 Å². The molecule has 0 aliphatic heterocycles. The van der Waals surface area contributed by atoms with Gasteiger partial charge in [0, 0.05) is 7.11 Å². The molecule has 66 valence electrons. The molecule has 1 aromatic heterocycles. The monoisotopic (exact) mass is 191 g/mol. The summed E-state index contributed by atoms with van der Waals surface area (Å²) in [4.78, 5) is 10.4. The average Bonchev–Trinajstić information content (AvgIpc) is 2.34. The summed E-state index contributed by atoms with van der Waals surface area (Å²) in [5.41, 5.74) is -0.288. The first-order valence-electron chi connectivity index (χ1n) is 3.03. The highest BCUT2D eigenvalue weighted by Crippen LogP contribution is 2.20. The van der Waals surface area contributed by atoms with Gasteiger partial charge < -0.3 is 14.4 Å². The molecule has 0 unspecified atom stereocenters. The molecule has 1 heterocycles. The van der Waals surface area contributed by atoms with Crippen molar-refractivity contribution in [1.82, 2.24) is 5.16 Å². The lowest BCUT2D eigenvalue weighted by Gasteiger charge is -1.90. The molecule has 0 radical (unpaired) electrons. The number of carbonyl (C=O) groups is 1. The van der Waals surface area contributed by atoms with E-state index in [1.807, 2.05) is 0 Å². The average molecular weight is 192 g/mol. The molecule has 0 aliphatic rings. The van der Waals surface area contributed by atoms with Crippen molar-refractivity contribution in [2.45, 2.75) is 6.61 Å². The second-order valence-electron chi connectivity index (χ2n) is 2.01. The lowest BCUT2D eigenvalue weighted by molar-refractivity contribution is 0.0685. The van der Waals surface area contributed by atoms with Gasteiger partial charge in [0.15, 0.2) is 5.76 Å². The molecule has 0 bridgehead atoms. The van der Waals surface area contributed by atoms with Gasteiger partial charge in [-0.05, 0) is 0 Å². The fourth-order valence-corrected chi connectivity index (χ4v) is 0.871. The Kier molecular flexibility index (Phi) is 2.67. The highest BCUT2D eigenvalue weighted by Gasteiger charge is 2.18. The maximum absolute atomic E-state index is 10.4. The van der Waals surface area contributed by atoms with Crippen LogP contribution in [0.4, 0.5) is 0 Å². The van der Waals surface area contributed by atoms with Crippen LogP contribution in [-0.4, -0.2) is 23.3 Å². The minimum absolute atomic E-state index is 0.00986. The molecule has 1 rings (SSSR count). The number of aromatic carboxylic acids is 1. The topological polar surface area (TPSA) is 72.6 Å². The Morgan fingerprint density at radius 2 is 2.50 bits per heavy atom. The highest BCUT2D eigenvalue weighted by molar-refractivity contribution is 6.33. The van der Waals surface area contributed by atoms with E-state index in [-0.39, 0.29) is 23.1 Å². The molecule has 0 amide bonds. The Labute approximate surface area is 72.9 Å². The van der Waals surface area contributed by atoms with Crippen LogP contribution < -0.4 is 0 Å². The molecule has 6 heteroatoms. The molecular formula is C6H6ClNO4. The van der Waals surface area contributed by atoms with Gasteiger partial charge in [-0.2, -0.15) is 0 Å². The van der Waals surface area contributed by atoms with E-state index in [2.05, 4.69) is 9.68 Å². The molecule has 0 aliphatic carbocycles. The number of ether oxygens (including phenoxy) is 1. The van der Waals surface area contributed by atoms with Gasteiger partial charge >= 0.3 is 5.97 Å². The maximum Gasteiger partial charge on any atom is 0.359 e. The number of hydrogen-bond donors (Lipinski definition) is 1. The Morgan fingerprint density at radius 1 is 1.83 bits per heavy atom. The van der Waals surface area contributed by atoms with Crippen LogP contribution in [0, 0.1) is 0 Å². The molecular weight excluding hydrogens is 186 g/mol. The zero-order valence-electron chi connectivity index (χ0n) is 6.20. The van der Waals surface area contributed by atoms with Gasteiger partial charge in [-0.25, -0.2) is 4.79 Å². The Morgan fingerprint density at radius 3 is 2.92 bits per heavy atom. The van der Waals surface area contributed by atoms with Crippen molar-refractivity contribution in [3.8, 4) is 0 Å². The van der Waals surface area contributed by atoms with Crippen molar-refractivity contribution in [1.29, 1.82) is 0 Å². The standard InChI is InChI=1S/C6H6ClNO4/c1-11-2-3-4(7)5(6(9)10)8-12-3/h2H2,1H3,(H,9,10). The Hall–Kier alpha value is -1.07. The van der Waals surface area contributed by atoms with Crippen LogP contribution in [0.2, 0.25) is 5.02 Å². The summed E-state index contributed by atoms with van der Waals surface area (Å²) in [5, 5.41) is 11.7. The summed E-state index contributed by atoms with van der Waals surface area (Å²) in [6, 6.07) is 0. The third kappa shape index (κ3) is 1.57. The smallest absolute Gasteiger partial charge is 0.359 e. The largest absolute Gasteiger partial charge is 0.476 e. The van der Waals surface area contributed by atoms with Crippen LogP contribution in [-0.2, 0) is 11.3 Å². The predicted molar refractivity (Wildman–Crippen MR) is 39.2 cm³/mol. The van der Waals surface area contributed by atoms with Crippen molar-refractivity contribution < 1.29 is 19.2 Å². The fourth-order valence-electron chi connectivity index (χ4n) is 0.667. The second-order valence-corrected chi connectivity index (χ2v) is 2.38. The van der Waals surface area contributed by atoms with Gasteiger partial charge in [0.2, 0.25) is 5.69 Å². The van der Waals surface area contributed by atoms with Gasteiger partial charge in [0.25, 0.3) is 0 Å². The van der Waals surface area contributed by atoms with E-state index in [0.717, 1.165) is 0 Å². The van der Waals surface area contributed by atoms with Crippen molar-refractivity contribution in [2.75, 3.05) is 7.11 Å². The highest BCUT2D eigenvalue weighted by atomic mass is 35.5. The number of halogens is 1. The van der Waals surface area contributed by atoms with E-state index in [1.54, 1.807) is 0 Å². The van der Waals surface area contributed by atoms with Crippen LogP contribution in [0.3, 0.4) is 0 Å². The molecule has 1 N–H and O–H groups in total. The quantitative estimate of drug-likeness (QED) is 0.777. The summed E-state index contributed by atoms with van der Waals surface area (Å²) >= 11 is 5.58. The third-order valence-corrected chi connectivity index (χ3v) is 1.57. The van der Waals surface area contributed by atoms with Crippen LogP contribution >= 0.6 is 11.6 Å². The van der Waals surface area contributed by atoms with Crippen molar-refractivity contribution in [3.63, 3.8) is 0 Å². The van der Waals surface area contributed by atoms with Gasteiger partial charge in [0.1, 0.15) is 11.6 Å². The van der Waals surface area contributed by atoms with Crippen molar-refractivity contribution in [2.24, 2.45) is 0 Å². The van der Waals surface area contributed by atoms with Gasteiger partial charge in [0.05, 0.1) is 0 Å². The summed E-state index contributed by atoms with van der Waals surface area (Å²) in [7, 11) is 1.44. The summed E-state index contributed by atoms with van der Waals surface area (Å²) in [5.74, 6) is -0.998. The first-order valence-corrected chi connectivity index (χ1v) is 3.41. The number of methoxy groups -OCH3 is 1. The van der Waals surface area contributed by atoms with Crippen LogP contribution in [0.1, 0.15) is 16.2 Å². The summed E-state index contributed by atoms with van der Waals surface area (Å²) in [6.07, 6.45) is 0. The molecule has 0 spiro atoms. The minimum atomic E-state index is -1.22. The van der Waals surface area contributed by atoms with E-state index in [0.29, 0.717) is 0 Å². The molecule has 5 nitrogen and oxygen atoms in total. The van der Waals surface area contributed by atoms with Crippen LogP contribution in [0.25, 0.3) is 0 Å². The lowest BCUT2D eigenvalue weighted by Crippen LogP contribution is -1.96. The normalized spacial score (nSPS) is 10.2. The number of carboxylic acids is 1. The van der Waals surface area contributed by atoms with Crippen molar-refractivity contribution >= 4 is 17.6 Å². The molecule has 0 fully saturated rings. The number of nitrogens with zero attached hydrogens (tertiary/aromatic N) is 1. The Bertz CT molecular complexity index is 296. The number of rotatable bonds is 3. The first kappa shape index (κ1) is 9.02. The summed E-state index contributed by atoms with van der Waals surface area (Å²) < 4.78 is 9.30. The number of carboxylic acid groups (broad SMARTS) is 1. The molecule has 0 atom stereocenters. The molecule has 0 aromatic carbocycles. The van der Waals surface area contributed by atoms with E-state index >= 15 is 0 Å². The van der Waals surface area contributed by atoms with E-state index < -0.39 is 5.97 Å². The van der Waals surface area contributed by atoms with E-state index in [1.165, 1.54) is 7.11 Å². The number of hydrogen-bond acceptors (Lipinski definition) is 4. The third-order valence-electron chi connectivity index (χ3n) is 1.18. The lowest BCUT2D eigenvalue weighted by atomic mass is 10.4.